The van der Waals surface area contributed by atoms with E-state index in [2.05, 4.69) is 0 Å². The lowest BCUT2D eigenvalue weighted by Gasteiger charge is -2.27. The van der Waals surface area contributed by atoms with Gasteiger partial charge in [-0.15, -0.1) is 0 Å². The maximum absolute atomic E-state index is 13.8. The Kier molecular flexibility index (Phi) is 6.44. The van der Waals surface area contributed by atoms with Gasteiger partial charge in [-0.3, -0.25) is 14.5 Å². The maximum Gasteiger partial charge on any atom is 0.294 e. The quantitative estimate of drug-likeness (QED) is 0.287. The molecular weight excluding hydrogens is 470 g/mol. The minimum atomic E-state index is -0.875. The monoisotopic (exact) mass is 497 g/mol. The summed E-state index contributed by atoms with van der Waals surface area (Å²) in [6.07, 6.45) is 0. The largest absolute Gasteiger partial charge is 0.503 e. The number of rotatable bonds is 8. The van der Waals surface area contributed by atoms with Crippen molar-refractivity contribution < 1.29 is 28.6 Å². The average molecular weight is 498 g/mol. The maximum atomic E-state index is 13.8. The molecule has 7 heteroatoms. The number of fused-ring (bicyclic) bond motifs is 1. The molecule has 0 spiro atoms. The van der Waals surface area contributed by atoms with Gasteiger partial charge in [0, 0.05) is 17.1 Å². The number of aliphatic hydroxyl groups excluding tert-OH is 1. The summed E-state index contributed by atoms with van der Waals surface area (Å²) in [5.74, 6) is -0.776. The molecule has 3 aromatic carbocycles. The molecule has 5 rings (SSSR count). The van der Waals surface area contributed by atoms with E-state index >= 15 is 0 Å². The number of hydrogen-bond donors (Lipinski definition) is 1. The van der Waals surface area contributed by atoms with Crippen LogP contribution in [-0.4, -0.2) is 30.0 Å². The lowest BCUT2D eigenvalue weighted by atomic mass is 9.93. The van der Waals surface area contributed by atoms with Gasteiger partial charge in [0.25, 0.3) is 5.91 Å². The molecule has 0 saturated heterocycles. The molecule has 1 N–H and O–H groups in total. The smallest absolute Gasteiger partial charge is 0.294 e. The molecule has 1 atom stereocenters. The summed E-state index contributed by atoms with van der Waals surface area (Å²) in [6, 6.07) is 20.7. The second-order valence-corrected chi connectivity index (χ2v) is 8.73. The number of aryl methyl sites for hydroxylation is 1. The van der Waals surface area contributed by atoms with Gasteiger partial charge in [-0.1, -0.05) is 48.0 Å². The van der Waals surface area contributed by atoms with Gasteiger partial charge in [0.05, 0.1) is 24.8 Å². The number of para-hydroxylation sites is 1. The van der Waals surface area contributed by atoms with Crippen LogP contribution in [0.3, 0.4) is 0 Å². The highest BCUT2D eigenvalue weighted by atomic mass is 16.5. The van der Waals surface area contributed by atoms with E-state index in [1.54, 1.807) is 30.3 Å². The number of benzene rings is 3. The van der Waals surface area contributed by atoms with Crippen molar-refractivity contribution in [2.24, 2.45) is 0 Å². The molecular formula is C30H27NO6. The number of amides is 1. The van der Waals surface area contributed by atoms with Crippen LogP contribution in [-0.2, 0) is 4.79 Å². The fourth-order valence-electron chi connectivity index (χ4n) is 4.68. The summed E-state index contributed by atoms with van der Waals surface area (Å²) in [5, 5.41) is 11.8. The minimum Gasteiger partial charge on any atom is -0.503 e. The van der Waals surface area contributed by atoms with Crippen molar-refractivity contribution in [3.63, 3.8) is 0 Å². The Hall–Kier alpha value is -4.52. The summed E-state index contributed by atoms with van der Waals surface area (Å²) in [7, 11) is 0. The first-order valence-corrected chi connectivity index (χ1v) is 12.2. The number of furan rings is 1. The van der Waals surface area contributed by atoms with Crippen LogP contribution >= 0.6 is 0 Å². The van der Waals surface area contributed by atoms with E-state index in [9.17, 15) is 14.7 Å². The van der Waals surface area contributed by atoms with Crippen LogP contribution in [0.4, 0.5) is 5.69 Å². The molecule has 2 heterocycles. The molecule has 0 aliphatic carbocycles. The second kappa shape index (κ2) is 9.85. The first kappa shape index (κ1) is 24.2. The lowest BCUT2D eigenvalue weighted by molar-refractivity contribution is -0.117. The fraction of sp³-hybridized carbons (Fsp3) is 0.200. The Morgan fingerprint density at radius 2 is 1.70 bits per heavy atom. The van der Waals surface area contributed by atoms with Gasteiger partial charge in [-0.05, 0) is 50.6 Å². The number of carbonyl (C=O) groups is 2. The van der Waals surface area contributed by atoms with Gasteiger partial charge >= 0.3 is 0 Å². The number of nitrogens with zero attached hydrogens (tertiary/aromatic N) is 1. The van der Waals surface area contributed by atoms with Crippen molar-refractivity contribution in [2.75, 3.05) is 18.1 Å². The molecule has 1 aromatic heterocycles. The predicted octanol–water partition coefficient (Wildman–Crippen LogP) is 6.32. The topological polar surface area (TPSA) is 89.2 Å². The number of ketones is 1. The van der Waals surface area contributed by atoms with Gasteiger partial charge in [-0.25, -0.2) is 0 Å². The Labute approximate surface area is 214 Å². The number of aliphatic hydroxyl groups is 1. The zero-order valence-electron chi connectivity index (χ0n) is 20.9. The van der Waals surface area contributed by atoms with E-state index in [1.807, 2.05) is 63.2 Å². The van der Waals surface area contributed by atoms with Crippen molar-refractivity contribution in [3.8, 4) is 11.5 Å². The van der Waals surface area contributed by atoms with Crippen LogP contribution < -0.4 is 14.4 Å². The Morgan fingerprint density at radius 3 is 2.43 bits per heavy atom. The number of ether oxygens (including phenoxy) is 2. The van der Waals surface area contributed by atoms with E-state index in [-0.39, 0.29) is 11.3 Å². The van der Waals surface area contributed by atoms with Crippen LogP contribution in [0.1, 0.15) is 41.6 Å². The third-order valence-electron chi connectivity index (χ3n) is 6.27. The van der Waals surface area contributed by atoms with Gasteiger partial charge in [0.15, 0.2) is 23.0 Å². The van der Waals surface area contributed by atoms with Crippen LogP contribution in [0.2, 0.25) is 0 Å². The summed E-state index contributed by atoms with van der Waals surface area (Å²) < 4.78 is 17.2. The summed E-state index contributed by atoms with van der Waals surface area (Å²) in [4.78, 5) is 28.7. The molecule has 1 aliphatic heterocycles. The van der Waals surface area contributed by atoms with Gasteiger partial charge < -0.3 is 19.0 Å². The normalized spacial score (nSPS) is 15.5. The van der Waals surface area contributed by atoms with Crippen molar-refractivity contribution in [3.05, 3.63) is 101 Å². The van der Waals surface area contributed by atoms with Gasteiger partial charge in [0.2, 0.25) is 5.78 Å². The number of carbonyl (C=O) groups excluding carboxylic acids is 2. The predicted molar refractivity (Wildman–Crippen MR) is 140 cm³/mol. The van der Waals surface area contributed by atoms with Crippen molar-refractivity contribution >= 4 is 28.3 Å². The van der Waals surface area contributed by atoms with E-state index in [1.165, 1.54) is 4.90 Å². The van der Waals surface area contributed by atoms with Gasteiger partial charge in [-0.2, -0.15) is 0 Å². The Morgan fingerprint density at radius 1 is 0.946 bits per heavy atom. The number of hydrogen-bond acceptors (Lipinski definition) is 6. The highest BCUT2D eigenvalue weighted by molar-refractivity contribution is 6.20. The average Bonchev–Trinajstić information content (AvgIpc) is 3.44. The van der Waals surface area contributed by atoms with E-state index < -0.39 is 23.5 Å². The standard InChI is InChI=1S/C30H27NO6/c1-4-35-23-14-13-21(17-24(23)36-5-2)31-27(20-11-8-9-18(3)15-20)26(29(33)30(31)34)28(32)25-16-19-10-6-7-12-22(19)37-25/h6-17,27,33H,4-5H2,1-3H3. The number of Topliss-reactive ketones (excluding diaryl/α,β-unsaturated/α-hetero) is 1. The molecule has 7 nitrogen and oxygen atoms in total. The SMILES string of the molecule is CCOc1ccc(N2C(=O)C(O)=C(C(=O)c3cc4ccccc4o3)C2c2cccc(C)c2)cc1OCC. The zero-order chi connectivity index (χ0) is 26.1. The molecule has 0 radical (unpaired) electrons. The molecule has 1 aliphatic rings. The number of anilines is 1. The summed E-state index contributed by atoms with van der Waals surface area (Å²) >= 11 is 0. The molecule has 188 valence electrons. The third kappa shape index (κ3) is 4.33. The molecule has 4 aromatic rings. The van der Waals surface area contributed by atoms with Gasteiger partial charge in [0.1, 0.15) is 5.58 Å². The third-order valence-corrected chi connectivity index (χ3v) is 6.27. The van der Waals surface area contributed by atoms with Crippen molar-refractivity contribution in [2.45, 2.75) is 26.8 Å². The molecule has 0 saturated carbocycles. The highest BCUT2D eigenvalue weighted by Gasteiger charge is 2.45. The second-order valence-electron chi connectivity index (χ2n) is 8.73. The van der Waals surface area contributed by atoms with E-state index in [0.717, 1.165) is 10.9 Å². The van der Waals surface area contributed by atoms with Crippen LogP contribution in [0.5, 0.6) is 11.5 Å². The Balaban J connectivity index is 1.65. The first-order valence-electron chi connectivity index (χ1n) is 12.2. The fourth-order valence-corrected chi connectivity index (χ4v) is 4.68. The summed E-state index contributed by atoms with van der Waals surface area (Å²) in [6.45, 7) is 6.51. The van der Waals surface area contributed by atoms with E-state index in [0.29, 0.717) is 41.5 Å². The molecule has 0 fully saturated rings. The molecule has 1 amide bonds. The van der Waals surface area contributed by atoms with Crippen LogP contribution in [0.15, 0.2) is 88.5 Å². The molecule has 37 heavy (non-hydrogen) atoms. The van der Waals surface area contributed by atoms with Crippen LogP contribution in [0, 0.1) is 6.92 Å². The Bertz CT molecular complexity index is 1500. The minimum absolute atomic E-state index is 0.0403. The van der Waals surface area contributed by atoms with Crippen molar-refractivity contribution in [1.29, 1.82) is 0 Å². The molecule has 0 bridgehead atoms. The summed E-state index contributed by atoms with van der Waals surface area (Å²) in [5.41, 5.74) is 2.60. The van der Waals surface area contributed by atoms with Crippen molar-refractivity contribution in [1.82, 2.24) is 0 Å². The zero-order valence-corrected chi connectivity index (χ0v) is 20.9. The lowest BCUT2D eigenvalue weighted by Crippen LogP contribution is -2.31. The highest BCUT2D eigenvalue weighted by Crippen LogP contribution is 2.44. The van der Waals surface area contributed by atoms with E-state index in [4.69, 9.17) is 13.9 Å². The first-order chi connectivity index (χ1) is 17.9. The molecule has 1 unspecified atom stereocenters. The van der Waals surface area contributed by atoms with Crippen LogP contribution in [0.25, 0.3) is 11.0 Å².